The molecule has 0 bridgehead atoms. The van der Waals surface area contributed by atoms with E-state index in [9.17, 15) is 5.11 Å². The summed E-state index contributed by atoms with van der Waals surface area (Å²) in [5.74, 6) is 1.08. The lowest BCUT2D eigenvalue weighted by Gasteiger charge is -2.02. The zero-order chi connectivity index (χ0) is 13.2. The number of fused-ring (bicyclic) bond motifs is 1. The molecular formula is C15H14N2OS. The number of aryl methyl sites for hydroxylation is 1. The minimum atomic E-state index is 0.327. The zero-order valence-electron chi connectivity index (χ0n) is 10.6. The standard InChI is InChI=1S/C15H14N2OS/c1-17-13-7-3-2-6-11(13)12(16-17)10-19-15-9-5-4-8-14(15)18/h2-9,18H,10H2,1H3. The van der Waals surface area contributed by atoms with E-state index in [4.69, 9.17) is 0 Å². The van der Waals surface area contributed by atoms with Gasteiger partial charge in [0.05, 0.1) is 11.2 Å². The molecule has 4 heteroatoms. The third-order valence-corrected chi connectivity index (χ3v) is 4.14. The van der Waals surface area contributed by atoms with Crippen LogP contribution in [0.4, 0.5) is 0 Å². The van der Waals surface area contributed by atoms with Crippen LogP contribution in [0.1, 0.15) is 5.69 Å². The van der Waals surface area contributed by atoms with Gasteiger partial charge in [0.2, 0.25) is 0 Å². The van der Waals surface area contributed by atoms with E-state index in [1.807, 2.05) is 42.1 Å². The quantitative estimate of drug-likeness (QED) is 0.739. The highest BCUT2D eigenvalue weighted by atomic mass is 32.2. The van der Waals surface area contributed by atoms with Crippen molar-refractivity contribution in [3.8, 4) is 5.75 Å². The van der Waals surface area contributed by atoms with Crippen LogP contribution in [0.5, 0.6) is 5.75 Å². The van der Waals surface area contributed by atoms with Crippen molar-refractivity contribution in [2.75, 3.05) is 0 Å². The Bertz CT molecular complexity index is 721. The molecule has 2 aromatic carbocycles. The topological polar surface area (TPSA) is 38.0 Å². The van der Waals surface area contributed by atoms with Gasteiger partial charge in [-0.25, -0.2) is 0 Å². The van der Waals surface area contributed by atoms with E-state index in [2.05, 4.69) is 17.2 Å². The number of phenolic OH excluding ortho intramolecular Hbond substituents is 1. The molecular weight excluding hydrogens is 256 g/mol. The van der Waals surface area contributed by atoms with Crippen molar-refractivity contribution in [2.24, 2.45) is 7.05 Å². The predicted molar refractivity (Wildman–Crippen MR) is 78.4 cm³/mol. The van der Waals surface area contributed by atoms with Crippen LogP contribution in [-0.2, 0) is 12.8 Å². The van der Waals surface area contributed by atoms with Crippen LogP contribution in [0.2, 0.25) is 0 Å². The molecule has 0 aliphatic carbocycles. The Morgan fingerprint density at radius 2 is 1.84 bits per heavy atom. The van der Waals surface area contributed by atoms with Gasteiger partial charge in [-0.05, 0) is 18.2 Å². The Kier molecular flexibility index (Phi) is 3.17. The van der Waals surface area contributed by atoms with Crippen molar-refractivity contribution < 1.29 is 5.11 Å². The first kappa shape index (κ1) is 12.1. The maximum atomic E-state index is 9.76. The number of phenols is 1. The van der Waals surface area contributed by atoms with Gasteiger partial charge >= 0.3 is 0 Å². The molecule has 0 unspecified atom stereocenters. The molecule has 1 N–H and O–H groups in total. The molecule has 1 heterocycles. The van der Waals surface area contributed by atoms with Crippen LogP contribution in [0.15, 0.2) is 53.4 Å². The number of nitrogens with zero attached hydrogens (tertiary/aromatic N) is 2. The van der Waals surface area contributed by atoms with Crippen molar-refractivity contribution >= 4 is 22.7 Å². The number of aromatic nitrogens is 2. The van der Waals surface area contributed by atoms with Crippen LogP contribution in [0, 0.1) is 0 Å². The molecule has 0 fully saturated rings. The van der Waals surface area contributed by atoms with Crippen LogP contribution >= 0.6 is 11.8 Å². The average molecular weight is 270 g/mol. The molecule has 0 radical (unpaired) electrons. The Morgan fingerprint density at radius 3 is 2.68 bits per heavy atom. The highest BCUT2D eigenvalue weighted by Gasteiger charge is 2.09. The lowest BCUT2D eigenvalue weighted by Crippen LogP contribution is -1.90. The number of benzene rings is 2. The Hall–Kier alpha value is -1.94. The van der Waals surface area contributed by atoms with E-state index in [1.165, 1.54) is 5.39 Å². The van der Waals surface area contributed by atoms with E-state index in [0.29, 0.717) is 5.75 Å². The number of aromatic hydroxyl groups is 1. The molecule has 0 spiro atoms. The maximum absolute atomic E-state index is 9.76. The first-order chi connectivity index (χ1) is 9.25. The lowest BCUT2D eigenvalue weighted by atomic mass is 10.2. The van der Waals surface area contributed by atoms with E-state index in [0.717, 1.165) is 21.9 Å². The molecule has 0 aliphatic heterocycles. The van der Waals surface area contributed by atoms with Crippen LogP contribution in [0.3, 0.4) is 0 Å². The number of thioether (sulfide) groups is 1. The largest absolute Gasteiger partial charge is 0.507 e. The fourth-order valence-corrected chi connectivity index (χ4v) is 3.02. The van der Waals surface area contributed by atoms with Gasteiger partial charge < -0.3 is 5.11 Å². The minimum Gasteiger partial charge on any atom is -0.507 e. The normalized spacial score (nSPS) is 11.0. The van der Waals surface area contributed by atoms with Gasteiger partial charge in [0.15, 0.2) is 0 Å². The molecule has 0 saturated carbocycles. The molecule has 3 aromatic rings. The predicted octanol–water partition coefficient (Wildman–Crippen LogP) is 3.57. The molecule has 0 amide bonds. The molecule has 3 nitrogen and oxygen atoms in total. The molecule has 19 heavy (non-hydrogen) atoms. The summed E-state index contributed by atoms with van der Waals surface area (Å²) in [6.07, 6.45) is 0. The fraction of sp³-hybridized carbons (Fsp3) is 0.133. The second-order valence-electron chi connectivity index (χ2n) is 4.34. The summed E-state index contributed by atoms with van der Waals surface area (Å²) < 4.78 is 1.90. The summed E-state index contributed by atoms with van der Waals surface area (Å²) in [4.78, 5) is 0.886. The van der Waals surface area contributed by atoms with Gasteiger partial charge in [-0.3, -0.25) is 4.68 Å². The number of hydrogen-bond donors (Lipinski definition) is 1. The second kappa shape index (κ2) is 4.97. The zero-order valence-corrected chi connectivity index (χ0v) is 11.4. The Balaban J connectivity index is 1.88. The monoisotopic (exact) mass is 270 g/mol. The molecule has 1 aromatic heterocycles. The number of hydrogen-bond acceptors (Lipinski definition) is 3. The van der Waals surface area contributed by atoms with Gasteiger partial charge in [-0.15, -0.1) is 11.8 Å². The van der Waals surface area contributed by atoms with Gasteiger partial charge in [0, 0.05) is 23.1 Å². The van der Waals surface area contributed by atoms with Gasteiger partial charge in [0.1, 0.15) is 5.75 Å². The maximum Gasteiger partial charge on any atom is 0.129 e. The van der Waals surface area contributed by atoms with Crippen LogP contribution in [0.25, 0.3) is 10.9 Å². The highest BCUT2D eigenvalue weighted by Crippen LogP contribution is 2.31. The first-order valence-electron chi connectivity index (χ1n) is 6.07. The van der Waals surface area contributed by atoms with Crippen LogP contribution in [-0.4, -0.2) is 14.9 Å². The lowest BCUT2D eigenvalue weighted by molar-refractivity contribution is 0.462. The fourth-order valence-electron chi connectivity index (χ4n) is 2.12. The van der Waals surface area contributed by atoms with Gasteiger partial charge in [-0.1, -0.05) is 30.3 Å². The smallest absolute Gasteiger partial charge is 0.129 e. The van der Waals surface area contributed by atoms with Gasteiger partial charge in [-0.2, -0.15) is 5.10 Å². The number of para-hydroxylation sites is 2. The van der Waals surface area contributed by atoms with Crippen molar-refractivity contribution in [2.45, 2.75) is 10.6 Å². The minimum absolute atomic E-state index is 0.327. The third-order valence-electron chi connectivity index (χ3n) is 3.06. The van der Waals surface area contributed by atoms with E-state index >= 15 is 0 Å². The van der Waals surface area contributed by atoms with E-state index in [-0.39, 0.29) is 0 Å². The summed E-state index contributed by atoms with van der Waals surface area (Å²) in [5, 5.41) is 15.5. The summed E-state index contributed by atoms with van der Waals surface area (Å²) in [6.45, 7) is 0. The van der Waals surface area contributed by atoms with Crippen LogP contribution < -0.4 is 0 Å². The molecule has 0 atom stereocenters. The summed E-state index contributed by atoms with van der Waals surface area (Å²) in [6, 6.07) is 15.6. The first-order valence-corrected chi connectivity index (χ1v) is 7.05. The molecule has 0 aliphatic rings. The Morgan fingerprint density at radius 1 is 1.11 bits per heavy atom. The summed E-state index contributed by atoms with van der Waals surface area (Å²) in [7, 11) is 1.95. The Labute approximate surface area is 115 Å². The second-order valence-corrected chi connectivity index (χ2v) is 5.36. The van der Waals surface area contributed by atoms with E-state index < -0.39 is 0 Å². The molecule has 96 valence electrons. The molecule has 0 saturated heterocycles. The van der Waals surface area contributed by atoms with Crippen molar-refractivity contribution in [1.82, 2.24) is 9.78 Å². The SMILES string of the molecule is Cn1nc(CSc2ccccc2O)c2ccccc21. The highest BCUT2D eigenvalue weighted by molar-refractivity contribution is 7.98. The van der Waals surface area contributed by atoms with Crippen molar-refractivity contribution in [3.05, 3.63) is 54.2 Å². The van der Waals surface area contributed by atoms with Crippen molar-refractivity contribution in [3.63, 3.8) is 0 Å². The third kappa shape index (κ3) is 2.31. The average Bonchev–Trinajstić information content (AvgIpc) is 2.75. The summed E-state index contributed by atoms with van der Waals surface area (Å²) in [5.41, 5.74) is 2.18. The van der Waals surface area contributed by atoms with Gasteiger partial charge in [0.25, 0.3) is 0 Å². The molecule has 3 rings (SSSR count). The number of rotatable bonds is 3. The van der Waals surface area contributed by atoms with Crippen molar-refractivity contribution in [1.29, 1.82) is 0 Å². The van der Waals surface area contributed by atoms with E-state index in [1.54, 1.807) is 17.8 Å². The summed E-state index contributed by atoms with van der Waals surface area (Å²) >= 11 is 1.60.